The summed E-state index contributed by atoms with van der Waals surface area (Å²) >= 11 is 17.4. The van der Waals surface area contributed by atoms with Crippen molar-refractivity contribution in [3.05, 3.63) is 35.4 Å². The van der Waals surface area contributed by atoms with E-state index in [2.05, 4.69) is 36.2 Å². The first-order valence-corrected chi connectivity index (χ1v) is 10.9. The van der Waals surface area contributed by atoms with Crippen molar-refractivity contribution < 1.29 is 9.53 Å². The predicted octanol–water partition coefficient (Wildman–Crippen LogP) is 6.26. The molecule has 0 aliphatic carbocycles. The molecule has 0 amide bonds. The van der Waals surface area contributed by atoms with Crippen molar-refractivity contribution >= 4 is 47.0 Å². The zero-order chi connectivity index (χ0) is 19.8. The molecule has 1 aliphatic rings. The van der Waals surface area contributed by atoms with E-state index in [1.807, 2.05) is 0 Å². The van der Waals surface area contributed by atoms with Crippen molar-refractivity contribution in [1.29, 1.82) is 0 Å². The van der Waals surface area contributed by atoms with E-state index in [1.54, 1.807) is 0 Å². The minimum atomic E-state index is -1.73. The van der Waals surface area contributed by atoms with Gasteiger partial charge < -0.3 is 9.53 Å². The standard InChI is InChI=1S/C21H28Cl3NO2/c1-2-3-4-5-6-7-8-17-9-11-18(12-10-17)13-14-20(15-26)16-27-19(25-20)21(22,23)24/h9-12,15H,2-8,13-14,16H2,1H3/t20-/m0/s1. The maximum Gasteiger partial charge on any atom is 0.266 e. The fourth-order valence-corrected chi connectivity index (χ4v) is 3.49. The molecule has 0 saturated heterocycles. The minimum Gasteiger partial charge on any atom is -0.475 e. The highest BCUT2D eigenvalue weighted by molar-refractivity contribution is 6.76. The summed E-state index contributed by atoms with van der Waals surface area (Å²) in [5.74, 6) is -0.00566. The molecule has 1 atom stereocenters. The van der Waals surface area contributed by atoms with E-state index in [0.717, 1.165) is 19.1 Å². The van der Waals surface area contributed by atoms with Crippen LogP contribution in [0.1, 0.15) is 63.0 Å². The number of aldehydes is 1. The van der Waals surface area contributed by atoms with E-state index in [-0.39, 0.29) is 12.5 Å². The molecule has 0 unspecified atom stereocenters. The van der Waals surface area contributed by atoms with Crippen molar-refractivity contribution in [3.63, 3.8) is 0 Å². The lowest BCUT2D eigenvalue weighted by atomic mass is 9.94. The third-order valence-corrected chi connectivity index (χ3v) is 5.42. The molecule has 0 N–H and O–H groups in total. The molecule has 0 aromatic heterocycles. The summed E-state index contributed by atoms with van der Waals surface area (Å²) in [4.78, 5) is 15.8. The number of aliphatic imine (C=N–C) groups is 1. The van der Waals surface area contributed by atoms with Crippen molar-refractivity contribution in [1.82, 2.24) is 0 Å². The second-order valence-corrected chi connectivity index (χ2v) is 9.54. The van der Waals surface area contributed by atoms with Crippen LogP contribution in [0.5, 0.6) is 0 Å². The van der Waals surface area contributed by atoms with E-state index < -0.39 is 9.33 Å². The first-order chi connectivity index (χ1) is 12.9. The molecule has 1 aliphatic heterocycles. The van der Waals surface area contributed by atoms with Gasteiger partial charge >= 0.3 is 0 Å². The minimum absolute atomic E-state index is 0.00566. The zero-order valence-corrected chi connectivity index (χ0v) is 18.1. The van der Waals surface area contributed by atoms with Crippen LogP contribution in [0.4, 0.5) is 0 Å². The fourth-order valence-electron chi connectivity index (χ4n) is 3.20. The second-order valence-electron chi connectivity index (χ2n) is 7.26. The van der Waals surface area contributed by atoms with Gasteiger partial charge in [0, 0.05) is 0 Å². The topological polar surface area (TPSA) is 38.7 Å². The smallest absolute Gasteiger partial charge is 0.266 e. The van der Waals surface area contributed by atoms with E-state index in [0.29, 0.717) is 6.42 Å². The van der Waals surface area contributed by atoms with E-state index >= 15 is 0 Å². The Morgan fingerprint density at radius 2 is 1.63 bits per heavy atom. The molecule has 1 aromatic rings. The molecule has 27 heavy (non-hydrogen) atoms. The summed E-state index contributed by atoms with van der Waals surface area (Å²) in [7, 11) is 0. The van der Waals surface area contributed by atoms with Crippen LogP contribution in [0.3, 0.4) is 0 Å². The Morgan fingerprint density at radius 3 is 2.19 bits per heavy atom. The number of rotatable bonds is 11. The number of aryl methyl sites for hydroxylation is 2. The second kappa shape index (κ2) is 10.7. The largest absolute Gasteiger partial charge is 0.475 e. The summed E-state index contributed by atoms with van der Waals surface area (Å²) in [5.41, 5.74) is 1.57. The zero-order valence-electron chi connectivity index (χ0n) is 15.9. The van der Waals surface area contributed by atoms with Gasteiger partial charge in [0.15, 0.2) is 11.8 Å². The summed E-state index contributed by atoms with van der Waals surface area (Å²) in [6.07, 6.45) is 11.0. The van der Waals surface area contributed by atoms with Crippen LogP contribution >= 0.6 is 34.8 Å². The quantitative estimate of drug-likeness (QED) is 0.235. The molecule has 0 saturated carbocycles. The molecule has 0 bridgehead atoms. The van der Waals surface area contributed by atoms with Crippen LogP contribution in [0, 0.1) is 0 Å². The average molecular weight is 433 g/mol. The SMILES string of the molecule is CCCCCCCCc1ccc(CC[C@]2(C=O)COC(C(Cl)(Cl)Cl)=N2)cc1. The molecule has 0 spiro atoms. The lowest BCUT2D eigenvalue weighted by molar-refractivity contribution is -0.112. The number of ether oxygens (including phenoxy) is 1. The average Bonchev–Trinajstić information content (AvgIpc) is 3.09. The molecule has 0 fully saturated rings. The molecule has 1 aromatic carbocycles. The highest BCUT2D eigenvalue weighted by Gasteiger charge is 2.43. The maximum atomic E-state index is 11.6. The van der Waals surface area contributed by atoms with Gasteiger partial charge in [-0.1, -0.05) is 98.1 Å². The van der Waals surface area contributed by atoms with Gasteiger partial charge in [0.1, 0.15) is 6.61 Å². The number of alkyl halides is 3. The normalized spacial score (nSPS) is 19.6. The predicted molar refractivity (Wildman–Crippen MR) is 114 cm³/mol. The Balaban J connectivity index is 1.81. The summed E-state index contributed by atoms with van der Waals surface area (Å²) in [5, 5.41) is 0. The van der Waals surface area contributed by atoms with Crippen molar-refractivity contribution in [2.24, 2.45) is 4.99 Å². The summed E-state index contributed by atoms with van der Waals surface area (Å²) < 4.78 is 3.60. The summed E-state index contributed by atoms with van der Waals surface area (Å²) in [6.45, 7) is 2.36. The molecule has 1 heterocycles. The van der Waals surface area contributed by atoms with Crippen molar-refractivity contribution in [2.75, 3.05) is 6.61 Å². The molecular formula is C21H28Cl3NO2. The first kappa shape index (κ1) is 22.5. The molecular weight excluding hydrogens is 405 g/mol. The van der Waals surface area contributed by atoms with E-state index in [1.165, 1.54) is 49.7 Å². The lowest BCUT2D eigenvalue weighted by Crippen LogP contribution is -2.30. The molecule has 2 rings (SSSR count). The fraction of sp³-hybridized carbons (Fsp3) is 0.619. The van der Waals surface area contributed by atoms with E-state index in [4.69, 9.17) is 39.5 Å². The van der Waals surface area contributed by atoms with Gasteiger partial charge in [-0.15, -0.1) is 0 Å². The number of hydrogen-bond donors (Lipinski definition) is 0. The molecule has 150 valence electrons. The van der Waals surface area contributed by atoms with E-state index in [9.17, 15) is 4.79 Å². The van der Waals surface area contributed by atoms with Gasteiger partial charge in [0.2, 0.25) is 5.90 Å². The van der Waals surface area contributed by atoms with Gasteiger partial charge in [-0.05, 0) is 36.8 Å². The number of halogens is 3. The Labute approximate surface area is 177 Å². The van der Waals surface area contributed by atoms with Crippen molar-refractivity contribution in [3.8, 4) is 0 Å². The Bertz CT molecular complexity index is 625. The van der Waals surface area contributed by atoms with Crippen LogP contribution in [0.15, 0.2) is 29.3 Å². The number of hydrogen-bond acceptors (Lipinski definition) is 3. The molecule has 6 heteroatoms. The maximum absolute atomic E-state index is 11.6. The Hall–Kier alpha value is -0.770. The van der Waals surface area contributed by atoms with Gasteiger partial charge in [0.05, 0.1) is 0 Å². The van der Waals surface area contributed by atoms with Gasteiger partial charge in [0.25, 0.3) is 3.79 Å². The number of unbranched alkanes of at least 4 members (excludes halogenated alkanes) is 5. The van der Waals surface area contributed by atoms with Crippen LogP contribution in [0.2, 0.25) is 0 Å². The first-order valence-electron chi connectivity index (χ1n) is 9.72. The monoisotopic (exact) mass is 431 g/mol. The van der Waals surface area contributed by atoms with Crippen molar-refractivity contribution in [2.45, 2.75) is 74.0 Å². The highest BCUT2D eigenvalue weighted by atomic mass is 35.6. The van der Waals surface area contributed by atoms with Gasteiger partial charge in [-0.25, -0.2) is 4.99 Å². The highest BCUT2D eigenvalue weighted by Crippen LogP contribution is 2.35. The van der Waals surface area contributed by atoms with Crippen LogP contribution < -0.4 is 0 Å². The number of benzene rings is 1. The Morgan fingerprint density at radius 1 is 1.04 bits per heavy atom. The van der Waals surface area contributed by atoms with Crippen LogP contribution in [-0.2, 0) is 22.4 Å². The summed E-state index contributed by atoms with van der Waals surface area (Å²) in [6, 6.07) is 8.60. The third-order valence-electron chi connectivity index (χ3n) is 4.93. The number of carbonyl (C=O) groups excluding carboxylic acids is 1. The number of carbonyl (C=O) groups is 1. The number of nitrogens with zero attached hydrogens (tertiary/aromatic N) is 1. The van der Waals surface area contributed by atoms with Crippen LogP contribution in [0.25, 0.3) is 0 Å². The Kier molecular flexibility index (Phi) is 8.91. The third kappa shape index (κ3) is 7.29. The lowest BCUT2D eigenvalue weighted by Gasteiger charge is -2.16. The van der Waals surface area contributed by atoms with Gasteiger partial charge in [-0.3, -0.25) is 0 Å². The molecule has 0 radical (unpaired) electrons. The molecule has 3 nitrogen and oxygen atoms in total. The van der Waals surface area contributed by atoms with Gasteiger partial charge in [-0.2, -0.15) is 0 Å². The van der Waals surface area contributed by atoms with Crippen LogP contribution in [-0.4, -0.2) is 28.1 Å².